The molecule has 2 saturated heterocycles. The van der Waals surface area contributed by atoms with Gasteiger partial charge in [0.25, 0.3) is 0 Å². The Labute approximate surface area is 119 Å². The first-order valence-corrected chi connectivity index (χ1v) is 8.42. The molecule has 0 amide bonds. The molecule has 3 heteroatoms. The van der Waals surface area contributed by atoms with Crippen LogP contribution in [0, 0.1) is 0 Å². The Kier molecular flexibility index (Phi) is 6.11. The van der Waals surface area contributed by atoms with Gasteiger partial charge in [-0.05, 0) is 52.6 Å². The van der Waals surface area contributed by atoms with E-state index < -0.39 is 0 Å². The van der Waals surface area contributed by atoms with E-state index in [1.54, 1.807) is 0 Å². The number of piperazine rings is 1. The van der Waals surface area contributed by atoms with Gasteiger partial charge in [-0.3, -0.25) is 9.80 Å². The summed E-state index contributed by atoms with van der Waals surface area (Å²) in [6.07, 6.45) is 6.81. The van der Waals surface area contributed by atoms with Crippen LogP contribution in [0.2, 0.25) is 0 Å². The standard InChI is InChI=1S/C16H33N3/c1-4-9-17-14(2)8-11-18-13-16-7-5-6-10-19(16)12-15(18)3/h14-17H,4-13H2,1-3H3. The average Bonchev–Trinajstić information content (AvgIpc) is 2.42. The van der Waals surface area contributed by atoms with Gasteiger partial charge in [0.15, 0.2) is 0 Å². The molecule has 2 fully saturated rings. The van der Waals surface area contributed by atoms with Crippen molar-refractivity contribution in [3.63, 3.8) is 0 Å². The highest BCUT2D eigenvalue weighted by Gasteiger charge is 2.32. The normalized spacial score (nSPS) is 31.1. The molecule has 0 saturated carbocycles. The predicted octanol–water partition coefficient (Wildman–Crippen LogP) is 2.32. The van der Waals surface area contributed by atoms with Crippen molar-refractivity contribution in [2.75, 3.05) is 32.7 Å². The first-order chi connectivity index (χ1) is 9.20. The van der Waals surface area contributed by atoms with Gasteiger partial charge in [0, 0.05) is 37.8 Å². The Balaban J connectivity index is 1.73. The van der Waals surface area contributed by atoms with Crippen LogP contribution >= 0.6 is 0 Å². The summed E-state index contributed by atoms with van der Waals surface area (Å²) in [5.74, 6) is 0. The minimum atomic E-state index is 0.663. The monoisotopic (exact) mass is 267 g/mol. The number of nitrogens with one attached hydrogen (secondary N) is 1. The van der Waals surface area contributed by atoms with Crippen LogP contribution in [0.5, 0.6) is 0 Å². The Morgan fingerprint density at radius 3 is 2.89 bits per heavy atom. The number of rotatable bonds is 6. The zero-order valence-electron chi connectivity index (χ0n) is 13.2. The second-order valence-electron chi connectivity index (χ2n) is 6.63. The van der Waals surface area contributed by atoms with E-state index in [4.69, 9.17) is 0 Å². The fourth-order valence-electron chi connectivity index (χ4n) is 3.58. The molecule has 0 radical (unpaired) electrons. The van der Waals surface area contributed by atoms with Crippen molar-refractivity contribution in [3.8, 4) is 0 Å². The lowest BCUT2D eigenvalue weighted by atomic mass is 9.97. The third-order valence-corrected chi connectivity index (χ3v) is 4.91. The van der Waals surface area contributed by atoms with E-state index >= 15 is 0 Å². The summed E-state index contributed by atoms with van der Waals surface area (Å²) in [6.45, 7) is 13.4. The topological polar surface area (TPSA) is 18.5 Å². The molecular weight excluding hydrogens is 234 g/mol. The highest BCUT2D eigenvalue weighted by Crippen LogP contribution is 2.24. The molecule has 3 unspecified atom stereocenters. The minimum Gasteiger partial charge on any atom is -0.314 e. The molecule has 3 nitrogen and oxygen atoms in total. The molecule has 0 aromatic rings. The summed E-state index contributed by atoms with van der Waals surface area (Å²) in [7, 11) is 0. The Morgan fingerprint density at radius 1 is 1.26 bits per heavy atom. The van der Waals surface area contributed by atoms with Crippen LogP contribution in [0.4, 0.5) is 0 Å². The van der Waals surface area contributed by atoms with Crippen molar-refractivity contribution in [3.05, 3.63) is 0 Å². The van der Waals surface area contributed by atoms with E-state index in [2.05, 4.69) is 35.9 Å². The molecule has 2 rings (SSSR count). The molecule has 2 heterocycles. The largest absolute Gasteiger partial charge is 0.314 e. The first-order valence-electron chi connectivity index (χ1n) is 8.42. The quantitative estimate of drug-likeness (QED) is 0.797. The fraction of sp³-hybridized carbons (Fsp3) is 1.00. The molecule has 0 aromatic heterocycles. The van der Waals surface area contributed by atoms with Crippen molar-refractivity contribution in [2.45, 2.75) is 71.0 Å². The lowest BCUT2D eigenvalue weighted by molar-refractivity contribution is 0.0139. The van der Waals surface area contributed by atoms with Gasteiger partial charge in [0.1, 0.15) is 0 Å². The van der Waals surface area contributed by atoms with Crippen molar-refractivity contribution in [1.29, 1.82) is 0 Å². The van der Waals surface area contributed by atoms with Crippen LogP contribution in [0.3, 0.4) is 0 Å². The van der Waals surface area contributed by atoms with E-state index in [0.29, 0.717) is 6.04 Å². The van der Waals surface area contributed by atoms with Gasteiger partial charge in [-0.2, -0.15) is 0 Å². The van der Waals surface area contributed by atoms with Crippen LogP contribution in [0.25, 0.3) is 0 Å². The second-order valence-corrected chi connectivity index (χ2v) is 6.63. The van der Waals surface area contributed by atoms with E-state index in [-0.39, 0.29) is 0 Å². The smallest absolute Gasteiger partial charge is 0.0223 e. The molecule has 19 heavy (non-hydrogen) atoms. The van der Waals surface area contributed by atoms with Gasteiger partial charge in [-0.25, -0.2) is 0 Å². The van der Waals surface area contributed by atoms with Crippen LogP contribution in [0.1, 0.15) is 52.9 Å². The van der Waals surface area contributed by atoms with Crippen molar-refractivity contribution < 1.29 is 0 Å². The lowest BCUT2D eigenvalue weighted by Crippen LogP contribution is -2.59. The van der Waals surface area contributed by atoms with E-state index in [9.17, 15) is 0 Å². The van der Waals surface area contributed by atoms with Crippen molar-refractivity contribution in [2.24, 2.45) is 0 Å². The molecule has 3 atom stereocenters. The van der Waals surface area contributed by atoms with Crippen LogP contribution in [-0.4, -0.2) is 60.6 Å². The number of hydrogen-bond acceptors (Lipinski definition) is 3. The number of fused-ring (bicyclic) bond motifs is 1. The maximum Gasteiger partial charge on any atom is 0.0223 e. The average molecular weight is 267 g/mol. The molecule has 1 N–H and O–H groups in total. The number of piperidine rings is 1. The first kappa shape index (κ1) is 15.3. The lowest BCUT2D eigenvalue weighted by Gasteiger charge is -2.47. The molecular formula is C16H33N3. The Bertz CT molecular complexity index is 256. The third kappa shape index (κ3) is 4.44. The van der Waals surface area contributed by atoms with Crippen molar-refractivity contribution >= 4 is 0 Å². The summed E-state index contributed by atoms with van der Waals surface area (Å²) in [6, 6.07) is 2.26. The number of hydrogen-bond donors (Lipinski definition) is 1. The van der Waals surface area contributed by atoms with Crippen LogP contribution < -0.4 is 5.32 Å². The maximum atomic E-state index is 3.61. The SMILES string of the molecule is CCCNC(C)CCN1CC2CCCCN2CC1C. The van der Waals surface area contributed by atoms with Gasteiger partial charge in [-0.15, -0.1) is 0 Å². The summed E-state index contributed by atoms with van der Waals surface area (Å²) in [4.78, 5) is 5.47. The predicted molar refractivity (Wildman–Crippen MR) is 82.6 cm³/mol. The van der Waals surface area contributed by atoms with E-state index in [1.165, 1.54) is 58.3 Å². The molecule has 0 spiro atoms. The maximum absolute atomic E-state index is 3.61. The zero-order chi connectivity index (χ0) is 13.7. The van der Waals surface area contributed by atoms with Gasteiger partial charge in [0.05, 0.1) is 0 Å². The molecule has 2 aliphatic rings. The second kappa shape index (κ2) is 7.61. The summed E-state index contributed by atoms with van der Waals surface area (Å²) < 4.78 is 0. The van der Waals surface area contributed by atoms with Crippen LogP contribution in [-0.2, 0) is 0 Å². The Hall–Kier alpha value is -0.120. The molecule has 0 aromatic carbocycles. The summed E-state index contributed by atoms with van der Waals surface area (Å²) in [5, 5.41) is 3.61. The highest BCUT2D eigenvalue weighted by atomic mass is 15.3. The summed E-state index contributed by atoms with van der Waals surface area (Å²) >= 11 is 0. The van der Waals surface area contributed by atoms with Gasteiger partial charge in [-0.1, -0.05) is 13.3 Å². The molecule has 112 valence electrons. The number of nitrogens with zero attached hydrogens (tertiary/aromatic N) is 2. The van der Waals surface area contributed by atoms with Gasteiger partial charge >= 0.3 is 0 Å². The highest BCUT2D eigenvalue weighted by molar-refractivity contribution is 4.89. The van der Waals surface area contributed by atoms with E-state index in [1.807, 2.05) is 0 Å². The molecule has 2 aliphatic heterocycles. The Morgan fingerprint density at radius 2 is 2.11 bits per heavy atom. The van der Waals surface area contributed by atoms with Gasteiger partial charge in [0.2, 0.25) is 0 Å². The van der Waals surface area contributed by atoms with Gasteiger partial charge < -0.3 is 5.32 Å². The van der Waals surface area contributed by atoms with E-state index in [0.717, 1.165) is 18.6 Å². The zero-order valence-corrected chi connectivity index (χ0v) is 13.2. The van der Waals surface area contributed by atoms with Crippen LogP contribution in [0.15, 0.2) is 0 Å². The summed E-state index contributed by atoms with van der Waals surface area (Å²) in [5.41, 5.74) is 0. The fourth-order valence-corrected chi connectivity index (χ4v) is 3.58. The third-order valence-electron chi connectivity index (χ3n) is 4.91. The minimum absolute atomic E-state index is 0.663. The van der Waals surface area contributed by atoms with Crippen molar-refractivity contribution in [1.82, 2.24) is 15.1 Å². The molecule has 0 aliphatic carbocycles. The molecule has 0 bridgehead atoms.